The number of aliphatic hydroxyl groups is 1. The third kappa shape index (κ3) is 3.71. The molecule has 0 saturated heterocycles. The lowest BCUT2D eigenvalue weighted by Gasteiger charge is -2.56. The van der Waals surface area contributed by atoms with Gasteiger partial charge in [-0.2, -0.15) is 22.0 Å². The highest BCUT2D eigenvalue weighted by molar-refractivity contribution is 5.93. The van der Waals surface area contributed by atoms with Crippen LogP contribution in [0, 0.1) is 17.3 Å². The molecule has 2 nitrogen and oxygen atoms in total. The fourth-order valence-corrected chi connectivity index (χ4v) is 7.85. The van der Waals surface area contributed by atoms with Crippen LogP contribution in [-0.2, 0) is 4.79 Å². The number of allylic oxidation sites excluding steroid dienone is 6. The number of halogens is 5. The van der Waals surface area contributed by atoms with Crippen molar-refractivity contribution in [3.63, 3.8) is 0 Å². The number of hydrogen-bond acceptors (Lipinski definition) is 2. The molecule has 0 aliphatic heterocycles. The SMILES string of the molecule is C=C/C=C/c1ccccc1[C@H]1C[C@@]2(C)C(CCC2(O)C(F)(F)C(F)(F)F)[C@@H]2CCC3=CC(=O)CCC3=C21. The molecular weight excluding hydrogens is 487 g/mol. The van der Waals surface area contributed by atoms with Crippen molar-refractivity contribution in [1.29, 1.82) is 0 Å². The second-order valence-electron chi connectivity index (χ2n) is 11.2. The van der Waals surface area contributed by atoms with E-state index < -0.39 is 41.4 Å². The molecule has 0 radical (unpaired) electrons. The molecule has 2 fully saturated rings. The zero-order chi connectivity index (χ0) is 26.8. The van der Waals surface area contributed by atoms with Crippen molar-refractivity contribution in [3.05, 3.63) is 76.9 Å². The van der Waals surface area contributed by atoms with Crippen LogP contribution in [0.2, 0.25) is 0 Å². The molecule has 5 rings (SSSR count). The van der Waals surface area contributed by atoms with Gasteiger partial charge in [-0.3, -0.25) is 4.79 Å². The van der Waals surface area contributed by atoms with E-state index in [4.69, 9.17) is 0 Å². The van der Waals surface area contributed by atoms with Gasteiger partial charge in [-0.05, 0) is 78.7 Å². The summed E-state index contributed by atoms with van der Waals surface area (Å²) in [6, 6.07) is 7.47. The van der Waals surface area contributed by atoms with Gasteiger partial charge < -0.3 is 5.11 Å². The first-order valence-electron chi connectivity index (χ1n) is 12.9. The molecule has 4 aliphatic rings. The van der Waals surface area contributed by atoms with Crippen molar-refractivity contribution in [3.8, 4) is 0 Å². The molecule has 0 spiro atoms. The van der Waals surface area contributed by atoms with Gasteiger partial charge in [0.15, 0.2) is 5.78 Å². The molecule has 37 heavy (non-hydrogen) atoms. The smallest absolute Gasteiger partial charge is 0.383 e. The molecule has 0 amide bonds. The Balaban J connectivity index is 1.73. The molecule has 2 saturated carbocycles. The van der Waals surface area contributed by atoms with E-state index in [1.165, 1.54) is 6.92 Å². The molecule has 4 aliphatic carbocycles. The largest absolute Gasteiger partial charge is 0.456 e. The Hall–Kier alpha value is -2.54. The van der Waals surface area contributed by atoms with Gasteiger partial charge in [-0.15, -0.1) is 0 Å². The summed E-state index contributed by atoms with van der Waals surface area (Å²) in [4.78, 5) is 12.2. The van der Waals surface area contributed by atoms with Crippen LogP contribution in [0.25, 0.3) is 6.08 Å². The van der Waals surface area contributed by atoms with Gasteiger partial charge in [-0.1, -0.05) is 61.6 Å². The second kappa shape index (κ2) is 8.75. The summed E-state index contributed by atoms with van der Waals surface area (Å²) in [6.45, 7) is 5.15. The summed E-state index contributed by atoms with van der Waals surface area (Å²) in [5.41, 5.74) is -0.128. The number of benzene rings is 1. The summed E-state index contributed by atoms with van der Waals surface area (Å²) in [5.74, 6) is -6.39. The first-order valence-corrected chi connectivity index (χ1v) is 12.9. The second-order valence-corrected chi connectivity index (χ2v) is 11.2. The van der Waals surface area contributed by atoms with E-state index in [2.05, 4.69) is 6.58 Å². The molecule has 7 heteroatoms. The van der Waals surface area contributed by atoms with Crippen LogP contribution < -0.4 is 0 Å². The van der Waals surface area contributed by atoms with E-state index in [9.17, 15) is 23.1 Å². The molecule has 0 aromatic heterocycles. The van der Waals surface area contributed by atoms with Gasteiger partial charge in [0.25, 0.3) is 0 Å². The van der Waals surface area contributed by atoms with E-state index in [-0.39, 0.29) is 24.5 Å². The molecule has 2 unspecified atom stereocenters. The lowest BCUT2D eigenvalue weighted by Crippen LogP contribution is -2.65. The minimum Gasteiger partial charge on any atom is -0.383 e. The maximum Gasteiger partial charge on any atom is 0.456 e. The van der Waals surface area contributed by atoms with Gasteiger partial charge >= 0.3 is 12.1 Å². The minimum atomic E-state index is -5.86. The molecule has 1 N–H and O–H groups in total. The average Bonchev–Trinajstić information content (AvgIpc) is 3.13. The molecule has 0 heterocycles. The average molecular weight is 519 g/mol. The Kier molecular flexibility index (Phi) is 6.17. The number of carbonyl (C=O) groups is 1. The number of fused-ring (bicyclic) bond motifs is 4. The highest BCUT2D eigenvalue weighted by Crippen LogP contribution is 2.70. The van der Waals surface area contributed by atoms with Gasteiger partial charge in [-0.25, -0.2) is 0 Å². The predicted molar refractivity (Wildman–Crippen MR) is 132 cm³/mol. The summed E-state index contributed by atoms with van der Waals surface area (Å²) < 4.78 is 71.3. The highest BCUT2D eigenvalue weighted by atomic mass is 19.4. The van der Waals surface area contributed by atoms with Gasteiger partial charge in [0.05, 0.1) is 0 Å². The number of carbonyl (C=O) groups excluding carboxylic acids is 1. The first kappa shape index (κ1) is 26.1. The van der Waals surface area contributed by atoms with Crippen LogP contribution in [0.3, 0.4) is 0 Å². The van der Waals surface area contributed by atoms with Crippen LogP contribution in [0.1, 0.15) is 68.9 Å². The molecule has 1 aromatic rings. The minimum absolute atomic E-state index is 0.0324. The zero-order valence-electron chi connectivity index (χ0n) is 20.8. The Labute approximate surface area is 213 Å². The topological polar surface area (TPSA) is 37.3 Å². The first-order chi connectivity index (χ1) is 17.4. The number of rotatable bonds is 4. The third-order valence-corrected chi connectivity index (χ3v) is 9.55. The van der Waals surface area contributed by atoms with Crippen molar-refractivity contribution in [2.75, 3.05) is 0 Å². The zero-order valence-corrected chi connectivity index (χ0v) is 20.8. The van der Waals surface area contributed by atoms with Crippen molar-refractivity contribution in [2.45, 2.75) is 75.5 Å². The number of hydrogen-bond donors (Lipinski definition) is 1. The van der Waals surface area contributed by atoms with E-state index in [1.807, 2.05) is 30.3 Å². The highest BCUT2D eigenvalue weighted by Gasteiger charge is 2.79. The summed E-state index contributed by atoms with van der Waals surface area (Å²) >= 11 is 0. The summed E-state index contributed by atoms with van der Waals surface area (Å²) in [6.07, 6.45) is 2.57. The van der Waals surface area contributed by atoms with Crippen LogP contribution in [0.5, 0.6) is 0 Å². The van der Waals surface area contributed by atoms with Crippen LogP contribution >= 0.6 is 0 Å². The van der Waals surface area contributed by atoms with Crippen LogP contribution in [0.4, 0.5) is 22.0 Å². The molecule has 5 atom stereocenters. The van der Waals surface area contributed by atoms with Crippen molar-refractivity contribution >= 4 is 11.9 Å². The van der Waals surface area contributed by atoms with E-state index >= 15 is 8.78 Å². The Morgan fingerprint density at radius 2 is 1.81 bits per heavy atom. The summed E-state index contributed by atoms with van der Waals surface area (Å²) in [5, 5.41) is 11.4. The number of alkyl halides is 5. The van der Waals surface area contributed by atoms with Crippen molar-refractivity contribution in [2.24, 2.45) is 17.3 Å². The lowest BCUT2D eigenvalue weighted by molar-refractivity contribution is -0.362. The van der Waals surface area contributed by atoms with E-state index in [0.29, 0.717) is 25.7 Å². The maximum atomic E-state index is 15.1. The monoisotopic (exact) mass is 518 g/mol. The van der Waals surface area contributed by atoms with E-state index in [1.54, 1.807) is 18.2 Å². The fourth-order valence-electron chi connectivity index (χ4n) is 7.85. The number of ketones is 1. The van der Waals surface area contributed by atoms with E-state index in [0.717, 1.165) is 27.8 Å². The van der Waals surface area contributed by atoms with Gasteiger partial charge in [0.2, 0.25) is 0 Å². The Bertz CT molecular complexity index is 1220. The van der Waals surface area contributed by atoms with Crippen LogP contribution in [-0.4, -0.2) is 28.6 Å². The molecule has 1 aromatic carbocycles. The van der Waals surface area contributed by atoms with Crippen molar-refractivity contribution < 1.29 is 31.9 Å². The Morgan fingerprint density at radius 1 is 1.08 bits per heavy atom. The van der Waals surface area contributed by atoms with Gasteiger partial charge in [0.1, 0.15) is 5.60 Å². The Morgan fingerprint density at radius 3 is 2.51 bits per heavy atom. The normalized spacial score (nSPS) is 34.2. The van der Waals surface area contributed by atoms with Gasteiger partial charge in [0, 0.05) is 17.8 Å². The molecule has 0 bridgehead atoms. The molecular formula is C30H31F5O2. The standard InChI is InChI=1S/C30H31F5O2/c1-3-4-7-18-8-5-6-9-21(18)24-17-27(2)25(14-15-28(27,37)29(31,32)30(33,34)35)23-12-10-19-16-20(36)11-13-22(19)26(23)24/h3-9,16,23-25,37H,1,10-15,17H2,2H3/b7-4+/t23-,24+,25?,27-,28?/m0/s1. The summed E-state index contributed by atoms with van der Waals surface area (Å²) in [7, 11) is 0. The van der Waals surface area contributed by atoms with Crippen LogP contribution in [0.15, 0.2) is 65.8 Å². The quantitative estimate of drug-likeness (QED) is 0.327. The third-order valence-electron chi connectivity index (χ3n) is 9.55. The molecule has 198 valence electrons. The lowest BCUT2D eigenvalue weighted by atomic mass is 9.50. The maximum absolute atomic E-state index is 15.1. The fraction of sp³-hybridized carbons (Fsp3) is 0.500. The predicted octanol–water partition coefficient (Wildman–Crippen LogP) is 7.71. The van der Waals surface area contributed by atoms with Crippen molar-refractivity contribution in [1.82, 2.24) is 0 Å².